The quantitative estimate of drug-likeness (QED) is 0.414. The Hall–Kier alpha value is -1.35. The number of hydrogen-bond donors (Lipinski definition) is 3. The summed E-state index contributed by atoms with van der Waals surface area (Å²) in [6.45, 7) is 0.526. The average molecular weight is 163 g/mol. The van der Waals surface area contributed by atoms with Crippen LogP contribution in [0.3, 0.4) is 0 Å². The molecule has 1 aliphatic rings. The van der Waals surface area contributed by atoms with E-state index in [-0.39, 0.29) is 5.84 Å². The molecule has 0 aromatic heterocycles. The zero-order chi connectivity index (χ0) is 8.97. The van der Waals surface area contributed by atoms with E-state index in [1.165, 1.54) is 0 Å². The summed E-state index contributed by atoms with van der Waals surface area (Å²) in [4.78, 5) is 0. The third-order valence-electron chi connectivity index (χ3n) is 1.75. The molecule has 0 spiro atoms. The largest absolute Gasteiger partial charge is 0.384 e. The van der Waals surface area contributed by atoms with E-state index in [0.717, 1.165) is 17.6 Å². The molecule has 0 amide bonds. The highest BCUT2D eigenvalue weighted by atomic mass is 14.7. The Balaban J connectivity index is 2.84. The molecule has 64 valence electrons. The van der Waals surface area contributed by atoms with E-state index < -0.39 is 0 Å². The minimum absolute atomic E-state index is 0.133. The summed E-state index contributed by atoms with van der Waals surface area (Å²) in [5, 5.41) is 7.22. The van der Waals surface area contributed by atoms with Gasteiger partial charge in [0.2, 0.25) is 0 Å². The minimum atomic E-state index is 0.133. The van der Waals surface area contributed by atoms with Crippen molar-refractivity contribution in [2.24, 2.45) is 11.5 Å². The molecule has 0 atom stereocenters. The Bertz CT molecular complexity index is 271. The van der Waals surface area contributed by atoms with Crippen molar-refractivity contribution in [3.8, 4) is 0 Å². The summed E-state index contributed by atoms with van der Waals surface area (Å²) in [7, 11) is 0. The molecule has 0 saturated carbocycles. The highest BCUT2D eigenvalue weighted by molar-refractivity contribution is 5.95. The van der Waals surface area contributed by atoms with Crippen LogP contribution in [0, 0.1) is 5.41 Å². The molecule has 0 unspecified atom stereocenters. The van der Waals surface area contributed by atoms with Crippen LogP contribution in [0.25, 0.3) is 0 Å². The molecule has 0 aromatic carbocycles. The fraction of sp³-hybridized carbons (Fsp3) is 0.222. The lowest BCUT2D eigenvalue weighted by Gasteiger charge is -1.97. The molecule has 12 heavy (non-hydrogen) atoms. The van der Waals surface area contributed by atoms with Crippen LogP contribution in [0.2, 0.25) is 0 Å². The molecule has 3 nitrogen and oxygen atoms in total. The maximum Gasteiger partial charge on any atom is 0.118 e. The van der Waals surface area contributed by atoms with Gasteiger partial charge in [-0.2, -0.15) is 0 Å². The van der Waals surface area contributed by atoms with Gasteiger partial charge in [0.05, 0.1) is 0 Å². The lowest BCUT2D eigenvalue weighted by atomic mass is 10.1. The summed E-state index contributed by atoms with van der Waals surface area (Å²) >= 11 is 0. The maximum absolute atomic E-state index is 7.22. The molecule has 5 N–H and O–H groups in total. The topological polar surface area (TPSA) is 75.9 Å². The van der Waals surface area contributed by atoms with Gasteiger partial charge in [0, 0.05) is 6.54 Å². The first-order valence-corrected chi connectivity index (χ1v) is 3.84. The Kier molecular flexibility index (Phi) is 2.82. The van der Waals surface area contributed by atoms with Crippen molar-refractivity contribution in [2.75, 3.05) is 6.54 Å². The first-order chi connectivity index (χ1) is 5.74. The summed E-state index contributed by atoms with van der Waals surface area (Å²) in [5.74, 6) is 0.133. The number of amidine groups is 1. The van der Waals surface area contributed by atoms with Crippen molar-refractivity contribution < 1.29 is 0 Å². The molecular weight excluding hydrogens is 150 g/mol. The highest BCUT2D eigenvalue weighted by Gasteiger charge is 2.00. The van der Waals surface area contributed by atoms with Gasteiger partial charge in [0.25, 0.3) is 0 Å². The van der Waals surface area contributed by atoms with Gasteiger partial charge in [-0.3, -0.25) is 5.41 Å². The molecule has 0 bridgehead atoms. The number of allylic oxidation sites excluding steroid dienone is 3. The van der Waals surface area contributed by atoms with Crippen LogP contribution in [0.4, 0.5) is 0 Å². The van der Waals surface area contributed by atoms with E-state index >= 15 is 0 Å². The van der Waals surface area contributed by atoms with Crippen molar-refractivity contribution in [3.63, 3.8) is 0 Å². The summed E-state index contributed by atoms with van der Waals surface area (Å²) in [5.41, 5.74) is 12.7. The van der Waals surface area contributed by atoms with Crippen LogP contribution >= 0.6 is 0 Å². The van der Waals surface area contributed by atoms with Crippen molar-refractivity contribution in [1.29, 1.82) is 5.41 Å². The van der Waals surface area contributed by atoms with Gasteiger partial charge in [-0.25, -0.2) is 0 Å². The van der Waals surface area contributed by atoms with Gasteiger partial charge in [-0.15, -0.1) is 0 Å². The Morgan fingerprint density at radius 1 is 1.50 bits per heavy atom. The fourth-order valence-electron chi connectivity index (χ4n) is 1.00. The number of rotatable bonds is 2. The molecule has 3 heteroatoms. The van der Waals surface area contributed by atoms with Crippen LogP contribution in [0.5, 0.6) is 0 Å². The van der Waals surface area contributed by atoms with Crippen LogP contribution < -0.4 is 11.5 Å². The maximum atomic E-state index is 7.22. The number of nitrogens with one attached hydrogen (secondary N) is 1. The monoisotopic (exact) mass is 163 g/mol. The normalized spacial score (nSPS) is 16.4. The second kappa shape index (κ2) is 3.88. The second-order valence-corrected chi connectivity index (χ2v) is 2.66. The van der Waals surface area contributed by atoms with Gasteiger partial charge < -0.3 is 11.5 Å². The SMILES string of the molecule is N=C(N)C1=CC=C(CN)C=CC1. The van der Waals surface area contributed by atoms with E-state index in [1.807, 2.05) is 24.3 Å². The third kappa shape index (κ3) is 2.07. The number of nitrogens with two attached hydrogens (primary N) is 2. The van der Waals surface area contributed by atoms with Crippen molar-refractivity contribution in [1.82, 2.24) is 0 Å². The van der Waals surface area contributed by atoms with Crippen LogP contribution in [-0.4, -0.2) is 12.4 Å². The Morgan fingerprint density at radius 2 is 2.25 bits per heavy atom. The second-order valence-electron chi connectivity index (χ2n) is 2.66. The van der Waals surface area contributed by atoms with Gasteiger partial charge in [-0.1, -0.05) is 24.3 Å². The summed E-state index contributed by atoms with van der Waals surface area (Å²) < 4.78 is 0. The predicted molar refractivity (Wildman–Crippen MR) is 50.9 cm³/mol. The predicted octanol–water partition coefficient (Wildman–Crippen LogP) is 0.694. The lowest BCUT2D eigenvalue weighted by Crippen LogP contribution is -2.11. The summed E-state index contributed by atoms with van der Waals surface area (Å²) in [6, 6.07) is 0. The standard InChI is InChI=1S/C9H13N3/c10-6-7-2-1-3-8(5-4-7)9(11)12/h1-2,4-5H,3,6,10H2,(H3,11,12). The van der Waals surface area contributed by atoms with E-state index in [1.54, 1.807) is 0 Å². The zero-order valence-corrected chi connectivity index (χ0v) is 6.88. The van der Waals surface area contributed by atoms with E-state index in [4.69, 9.17) is 16.9 Å². The average Bonchev–Trinajstić information content (AvgIpc) is 2.28. The minimum Gasteiger partial charge on any atom is -0.384 e. The van der Waals surface area contributed by atoms with Gasteiger partial charge in [0.15, 0.2) is 0 Å². The van der Waals surface area contributed by atoms with E-state index in [0.29, 0.717) is 6.54 Å². The molecule has 1 rings (SSSR count). The third-order valence-corrected chi connectivity index (χ3v) is 1.75. The van der Waals surface area contributed by atoms with Gasteiger partial charge >= 0.3 is 0 Å². The Labute approximate surface area is 71.9 Å². The zero-order valence-electron chi connectivity index (χ0n) is 6.88. The molecule has 0 heterocycles. The van der Waals surface area contributed by atoms with Gasteiger partial charge in [-0.05, 0) is 17.6 Å². The number of hydrogen-bond acceptors (Lipinski definition) is 2. The van der Waals surface area contributed by atoms with Crippen LogP contribution in [0.15, 0.2) is 35.5 Å². The first-order valence-electron chi connectivity index (χ1n) is 3.84. The molecule has 0 fully saturated rings. The smallest absolute Gasteiger partial charge is 0.118 e. The summed E-state index contributed by atoms with van der Waals surface area (Å²) in [6.07, 6.45) is 8.41. The molecule has 0 saturated heterocycles. The molecule has 1 aliphatic carbocycles. The van der Waals surface area contributed by atoms with E-state index in [2.05, 4.69) is 0 Å². The Morgan fingerprint density at radius 3 is 2.83 bits per heavy atom. The lowest BCUT2D eigenvalue weighted by molar-refractivity contribution is 1.18. The van der Waals surface area contributed by atoms with Crippen LogP contribution in [-0.2, 0) is 0 Å². The fourth-order valence-corrected chi connectivity index (χ4v) is 1.00. The molecular formula is C9H13N3. The van der Waals surface area contributed by atoms with Crippen molar-refractivity contribution >= 4 is 5.84 Å². The van der Waals surface area contributed by atoms with Crippen LogP contribution in [0.1, 0.15) is 6.42 Å². The molecule has 0 aliphatic heterocycles. The first kappa shape index (κ1) is 8.74. The van der Waals surface area contributed by atoms with E-state index in [9.17, 15) is 0 Å². The highest BCUT2D eigenvalue weighted by Crippen LogP contribution is 2.09. The van der Waals surface area contributed by atoms with Crippen molar-refractivity contribution in [3.05, 3.63) is 35.5 Å². The van der Waals surface area contributed by atoms with Crippen molar-refractivity contribution in [2.45, 2.75) is 6.42 Å². The molecule has 0 radical (unpaired) electrons. The molecule has 0 aromatic rings. The van der Waals surface area contributed by atoms with Gasteiger partial charge in [0.1, 0.15) is 5.84 Å².